The standard InChI is InChI=1S/C15H17N5S2/c1-3-21-15-19-13(16)18-14(20-15)17-9(2)12-8-10-6-4-5-7-11(10)22-12/h4-9H,3H2,1-2H3,(H3,16,17,18,19,20). The first-order chi connectivity index (χ1) is 10.7. The van der Waals surface area contributed by atoms with E-state index >= 15 is 0 Å². The van der Waals surface area contributed by atoms with Crippen LogP contribution in [0.25, 0.3) is 10.1 Å². The SMILES string of the molecule is CCSc1nc(N)nc(NC(C)c2cc3ccccc3s2)n1. The first-order valence-electron chi connectivity index (χ1n) is 7.05. The molecule has 0 aliphatic rings. The summed E-state index contributed by atoms with van der Waals surface area (Å²) in [5.41, 5.74) is 5.75. The Balaban J connectivity index is 1.82. The number of thioether (sulfide) groups is 1. The second-order valence-corrected chi connectivity index (χ2v) is 7.13. The number of aromatic nitrogens is 3. The van der Waals surface area contributed by atoms with Crippen LogP contribution in [0.15, 0.2) is 35.5 Å². The molecule has 0 spiro atoms. The lowest BCUT2D eigenvalue weighted by atomic mass is 10.2. The average Bonchev–Trinajstić information content (AvgIpc) is 2.91. The molecule has 1 aromatic carbocycles. The summed E-state index contributed by atoms with van der Waals surface area (Å²) >= 11 is 3.32. The third-order valence-corrected chi connectivity index (χ3v) is 5.15. The number of nitrogen functional groups attached to an aromatic ring is 1. The molecule has 3 rings (SSSR count). The Labute approximate surface area is 137 Å². The highest BCUT2D eigenvalue weighted by atomic mass is 32.2. The third kappa shape index (κ3) is 3.31. The number of nitrogens with one attached hydrogen (secondary N) is 1. The smallest absolute Gasteiger partial charge is 0.228 e. The Kier molecular flexibility index (Phi) is 4.44. The van der Waals surface area contributed by atoms with Crippen LogP contribution < -0.4 is 11.1 Å². The first-order valence-corrected chi connectivity index (χ1v) is 8.85. The van der Waals surface area contributed by atoms with Gasteiger partial charge < -0.3 is 11.1 Å². The van der Waals surface area contributed by atoms with Crippen molar-refractivity contribution in [2.24, 2.45) is 0 Å². The number of thiophene rings is 1. The topological polar surface area (TPSA) is 76.7 Å². The molecule has 1 unspecified atom stereocenters. The van der Waals surface area contributed by atoms with Gasteiger partial charge in [0.25, 0.3) is 0 Å². The molecule has 0 saturated heterocycles. The van der Waals surface area contributed by atoms with Gasteiger partial charge in [-0.3, -0.25) is 0 Å². The second-order valence-electron chi connectivity index (χ2n) is 4.79. The number of nitrogens with two attached hydrogens (primary N) is 1. The third-order valence-electron chi connectivity index (χ3n) is 3.12. The summed E-state index contributed by atoms with van der Waals surface area (Å²) in [4.78, 5) is 13.9. The van der Waals surface area contributed by atoms with Crippen LogP contribution in [-0.2, 0) is 0 Å². The lowest BCUT2D eigenvalue weighted by molar-refractivity contribution is 0.843. The fourth-order valence-electron chi connectivity index (χ4n) is 2.11. The summed E-state index contributed by atoms with van der Waals surface area (Å²) in [7, 11) is 0. The molecule has 2 aromatic heterocycles. The fraction of sp³-hybridized carbons (Fsp3) is 0.267. The summed E-state index contributed by atoms with van der Waals surface area (Å²) in [6.07, 6.45) is 0. The van der Waals surface area contributed by atoms with Crippen LogP contribution in [-0.4, -0.2) is 20.7 Å². The lowest BCUT2D eigenvalue weighted by Crippen LogP contribution is -2.11. The highest BCUT2D eigenvalue weighted by molar-refractivity contribution is 7.99. The minimum Gasteiger partial charge on any atom is -0.368 e. The van der Waals surface area contributed by atoms with Crippen LogP contribution in [0.1, 0.15) is 24.8 Å². The number of hydrogen-bond acceptors (Lipinski definition) is 7. The predicted molar refractivity (Wildman–Crippen MR) is 94.5 cm³/mol. The molecular formula is C15H17N5S2. The molecule has 22 heavy (non-hydrogen) atoms. The van der Waals surface area contributed by atoms with Gasteiger partial charge in [0.15, 0.2) is 5.16 Å². The molecule has 0 amide bonds. The molecule has 7 heteroatoms. The van der Waals surface area contributed by atoms with Crippen LogP contribution in [0.5, 0.6) is 0 Å². The summed E-state index contributed by atoms with van der Waals surface area (Å²) in [5.74, 6) is 1.67. The normalized spacial score (nSPS) is 12.5. The van der Waals surface area contributed by atoms with E-state index in [2.05, 4.69) is 64.4 Å². The van der Waals surface area contributed by atoms with Crippen LogP contribution in [0.2, 0.25) is 0 Å². The van der Waals surface area contributed by atoms with Crippen molar-refractivity contribution < 1.29 is 0 Å². The molecule has 0 aliphatic heterocycles. The zero-order valence-electron chi connectivity index (χ0n) is 12.4. The van der Waals surface area contributed by atoms with E-state index in [1.54, 1.807) is 23.1 Å². The maximum atomic E-state index is 5.75. The molecule has 0 fully saturated rings. The Morgan fingerprint density at radius 2 is 2.09 bits per heavy atom. The van der Waals surface area contributed by atoms with Crippen molar-refractivity contribution in [1.82, 2.24) is 15.0 Å². The van der Waals surface area contributed by atoms with Crippen molar-refractivity contribution in [3.05, 3.63) is 35.2 Å². The van der Waals surface area contributed by atoms with Crippen LogP contribution in [0, 0.1) is 0 Å². The van der Waals surface area contributed by atoms with Gasteiger partial charge >= 0.3 is 0 Å². The van der Waals surface area contributed by atoms with Crippen molar-refractivity contribution >= 4 is 45.1 Å². The highest BCUT2D eigenvalue weighted by Crippen LogP contribution is 2.31. The van der Waals surface area contributed by atoms with Gasteiger partial charge in [-0.2, -0.15) is 15.0 Å². The van der Waals surface area contributed by atoms with E-state index in [0.29, 0.717) is 11.1 Å². The summed E-state index contributed by atoms with van der Waals surface area (Å²) in [6.45, 7) is 4.15. The fourth-order valence-corrected chi connectivity index (χ4v) is 3.75. The maximum Gasteiger partial charge on any atom is 0.228 e. The second kappa shape index (κ2) is 6.50. The Morgan fingerprint density at radius 1 is 1.27 bits per heavy atom. The van der Waals surface area contributed by atoms with Crippen molar-refractivity contribution in [3.63, 3.8) is 0 Å². The number of fused-ring (bicyclic) bond motifs is 1. The minimum atomic E-state index is 0.110. The van der Waals surface area contributed by atoms with Crippen molar-refractivity contribution in [2.45, 2.75) is 25.0 Å². The van der Waals surface area contributed by atoms with Crippen molar-refractivity contribution in [3.8, 4) is 0 Å². The van der Waals surface area contributed by atoms with Crippen LogP contribution >= 0.6 is 23.1 Å². The van der Waals surface area contributed by atoms with E-state index in [4.69, 9.17) is 5.73 Å². The van der Waals surface area contributed by atoms with E-state index < -0.39 is 0 Å². The molecule has 0 aliphatic carbocycles. The highest BCUT2D eigenvalue weighted by Gasteiger charge is 2.12. The minimum absolute atomic E-state index is 0.110. The van der Waals surface area contributed by atoms with Gasteiger partial charge in [-0.15, -0.1) is 11.3 Å². The van der Waals surface area contributed by atoms with Crippen molar-refractivity contribution in [2.75, 3.05) is 16.8 Å². The molecule has 0 radical (unpaired) electrons. The van der Waals surface area contributed by atoms with Crippen LogP contribution in [0.4, 0.5) is 11.9 Å². The summed E-state index contributed by atoms with van der Waals surface area (Å²) in [5, 5.41) is 5.23. The number of anilines is 2. The first kappa shape index (κ1) is 15.1. The number of rotatable bonds is 5. The van der Waals surface area contributed by atoms with E-state index in [1.165, 1.54) is 15.0 Å². The van der Waals surface area contributed by atoms with Gasteiger partial charge in [-0.1, -0.05) is 36.9 Å². The van der Waals surface area contributed by atoms with E-state index in [9.17, 15) is 0 Å². The zero-order chi connectivity index (χ0) is 15.5. The Hall–Kier alpha value is -1.86. The van der Waals surface area contributed by atoms with Gasteiger partial charge in [0, 0.05) is 9.58 Å². The molecule has 114 valence electrons. The van der Waals surface area contributed by atoms with Gasteiger partial charge in [-0.05, 0) is 30.2 Å². The van der Waals surface area contributed by atoms with Gasteiger partial charge in [-0.25, -0.2) is 0 Å². The Bertz CT molecular complexity index is 753. The zero-order valence-corrected chi connectivity index (χ0v) is 14.0. The lowest BCUT2D eigenvalue weighted by Gasteiger charge is -2.12. The molecular weight excluding hydrogens is 314 g/mol. The summed E-state index contributed by atoms with van der Waals surface area (Å²) < 4.78 is 1.28. The molecule has 2 heterocycles. The number of benzene rings is 1. The molecule has 3 N–H and O–H groups in total. The van der Waals surface area contributed by atoms with Gasteiger partial charge in [0.1, 0.15) is 0 Å². The van der Waals surface area contributed by atoms with Gasteiger partial charge in [0.05, 0.1) is 6.04 Å². The molecule has 0 bridgehead atoms. The quantitative estimate of drug-likeness (QED) is 0.689. The molecule has 5 nitrogen and oxygen atoms in total. The average molecular weight is 331 g/mol. The van der Waals surface area contributed by atoms with E-state index in [1.807, 2.05) is 0 Å². The molecule has 3 aromatic rings. The monoisotopic (exact) mass is 331 g/mol. The predicted octanol–water partition coefficient (Wildman–Crippen LogP) is 3.95. The van der Waals surface area contributed by atoms with Gasteiger partial charge in [0.2, 0.25) is 11.9 Å². The maximum absolute atomic E-state index is 5.75. The largest absolute Gasteiger partial charge is 0.368 e. The van der Waals surface area contributed by atoms with E-state index in [-0.39, 0.29) is 12.0 Å². The van der Waals surface area contributed by atoms with Crippen molar-refractivity contribution in [1.29, 1.82) is 0 Å². The Morgan fingerprint density at radius 3 is 2.86 bits per heavy atom. The van der Waals surface area contributed by atoms with E-state index in [0.717, 1.165) is 5.75 Å². The molecule has 1 atom stereocenters. The van der Waals surface area contributed by atoms with Crippen LogP contribution in [0.3, 0.4) is 0 Å². The number of hydrogen-bond donors (Lipinski definition) is 2. The number of nitrogens with zero attached hydrogens (tertiary/aromatic N) is 3. The summed E-state index contributed by atoms with van der Waals surface area (Å²) in [6, 6.07) is 10.7. The molecule has 0 saturated carbocycles.